The van der Waals surface area contributed by atoms with Gasteiger partial charge in [0.1, 0.15) is 17.8 Å². The Morgan fingerprint density at radius 2 is 1.43 bits per heavy atom. The standard InChI is InChI=1S/C17H14Cl2N2O2.C7H5ClO.C5H5ClN2.C5H6O2/c1-2-23-16(22)9-14-17(11-3-5-12(18)6-4-11)20-15-8-7-13(19)10-21(14)15;8-7-3-1-6(5-9)2-4-7;6-4-1-2-5(7)8-3-4;1-3-5(6)7-4-2/h3-8,10H,2,9H2,1H3;1-5H;1-3H,(H2,7,8);1H,4H2,2H3. The van der Waals surface area contributed by atoms with Gasteiger partial charge in [0.25, 0.3) is 0 Å². The molecule has 0 amide bonds. The fraction of sp³-hybridized carbons (Fsp3) is 0.147. The molecule has 2 N–H and O–H groups in total. The number of imidazole rings is 1. The summed E-state index contributed by atoms with van der Waals surface area (Å²) in [7, 11) is 0. The molecule has 2 aromatic carbocycles. The minimum atomic E-state index is -0.595. The molecule has 13 heteroatoms. The van der Waals surface area contributed by atoms with Gasteiger partial charge in [-0.2, -0.15) is 0 Å². The second kappa shape index (κ2) is 20.5. The van der Waals surface area contributed by atoms with E-state index in [0.29, 0.717) is 44.7 Å². The molecule has 0 unspecified atom stereocenters. The van der Waals surface area contributed by atoms with Gasteiger partial charge in [0.15, 0.2) is 0 Å². The third-order valence-electron chi connectivity index (χ3n) is 5.57. The number of anilines is 1. The fourth-order valence-corrected chi connectivity index (χ4v) is 4.05. The Balaban J connectivity index is 0.000000261. The van der Waals surface area contributed by atoms with Crippen LogP contribution in [0.2, 0.25) is 20.1 Å². The van der Waals surface area contributed by atoms with Crippen molar-refractivity contribution in [2.75, 3.05) is 18.9 Å². The number of nitrogens with zero attached hydrogens (tertiary/aromatic N) is 3. The van der Waals surface area contributed by atoms with E-state index in [2.05, 4.69) is 21.1 Å². The molecule has 0 aliphatic heterocycles. The summed E-state index contributed by atoms with van der Waals surface area (Å²) in [6, 6.07) is 21.0. The summed E-state index contributed by atoms with van der Waals surface area (Å²) in [6.45, 7) is 4.17. The molecule has 0 radical (unpaired) electrons. The van der Waals surface area contributed by atoms with Crippen molar-refractivity contribution in [2.24, 2.45) is 0 Å². The van der Waals surface area contributed by atoms with Gasteiger partial charge in [-0.05, 0) is 62.4 Å². The van der Waals surface area contributed by atoms with Gasteiger partial charge >= 0.3 is 11.9 Å². The lowest BCUT2D eigenvalue weighted by molar-refractivity contribution is -0.142. The summed E-state index contributed by atoms with van der Waals surface area (Å²) >= 11 is 23.1. The van der Waals surface area contributed by atoms with E-state index in [1.54, 1.807) is 80.6 Å². The molecule has 0 bridgehead atoms. The number of rotatable bonds is 6. The molecule has 0 spiro atoms. The smallest absolute Gasteiger partial charge is 0.384 e. The number of hydrogen-bond donors (Lipinski definition) is 1. The van der Waals surface area contributed by atoms with Gasteiger partial charge in [-0.15, -0.1) is 6.42 Å². The Bertz CT molecular complexity index is 1770. The zero-order valence-corrected chi connectivity index (χ0v) is 28.4. The molecule has 3 aromatic heterocycles. The predicted molar refractivity (Wildman–Crippen MR) is 187 cm³/mol. The third-order valence-corrected chi connectivity index (χ3v) is 6.52. The zero-order chi connectivity index (χ0) is 34.8. The number of terminal acetylenes is 1. The maximum Gasteiger partial charge on any atom is 0.384 e. The number of pyridine rings is 2. The lowest BCUT2D eigenvalue weighted by Crippen LogP contribution is -2.10. The topological polar surface area (TPSA) is 126 Å². The van der Waals surface area contributed by atoms with Crippen molar-refractivity contribution in [1.29, 1.82) is 0 Å². The maximum absolute atomic E-state index is 12.0. The first kappa shape index (κ1) is 38.6. The first-order valence-corrected chi connectivity index (χ1v) is 15.3. The number of ether oxygens (including phenoxy) is 2. The Hall–Kier alpha value is -4.59. The average molecular weight is 716 g/mol. The van der Waals surface area contributed by atoms with Crippen molar-refractivity contribution in [1.82, 2.24) is 14.4 Å². The molecular weight excluding hydrogens is 686 g/mol. The van der Waals surface area contributed by atoms with Gasteiger partial charge < -0.3 is 19.6 Å². The first-order chi connectivity index (χ1) is 22.5. The zero-order valence-electron chi connectivity index (χ0n) is 25.3. The van der Waals surface area contributed by atoms with Crippen LogP contribution in [0.15, 0.2) is 85.2 Å². The lowest BCUT2D eigenvalue weighted by Gasteiger charge is -2.06. The van der Waals surface area contributed by atoms with E-state index in [4.69, 9.17) is 56.9 Å². The summed E-state index contributed by atoms with van der Waals surface area (Å²) in [4.78, 5) is 40.3. The molecule has 5 rings (SSSR count). The molecule has 9 nitrogen and oxygen atoms in total. The van der Waals surface area contributed by atoms with Gasteiger partial charge in [-0.3, -0.25) is 9.59 Å². The van der Waals surface area contributed by atoms with Crippen LogP contribution in [-0.2, 0) is 25.5 Å². The highest BCUT2D eigenvalue weighted by Crippen LogP contribution is 2.27. The van der Waals surface area contributed by atoms with E-state index in [9.17, 15) is 14.4 Å². The highest BCUT2D eigenvalue weighted by Gasteiger charge is 2.18. The minimum absolute atomic E-state index is 0.118. The first-order valence-electron chi connectivity index (χ1n) is 13.8. The quantitative estimate of drug-likeness (QED) is 0.0810. The van der Waals surface area contributed by atoms with E-state index in [1.807, 2.05) is 22.6 Å². The fourth-order valence-electron chi connectivity index (χ4n) is 3.53. The molecule has 0 aliphatic carbocycles. The molecule has 47 heavy (non-hydrogen) atoms. The highest BCUT2D eigenvalue weighted by atomic mass is 35.5. The predicted octanol–water partition coefficient (Wildman–Crippen LogP) is 8.07. The number of carbonyl (C=O) groups is 3. The number of nitrogens with two attached hydrogens (primary N) is 1. The number of benzene rings is 2. The van der Waals surface area contributed by atoms with Crippen LogP contribution < -0.4 is 5.73 Å². The average Bonchev–Trinajstić information content (AvgIpc) is 3.41. The molecule has 0 saturated heterocycles. The molecule has 3 heterocycles. The number of hydrogen-bond acceptors (Lipinski definition) is 8. The summed E-state index contributed by atoms with van der Waals surface area (Å²) in [5, 5.41) is 2.48. The van der Waals surface area contributed by atoms with Crippen LogP contribution >= 0.6 is 46.4 Å². The Morgan fingerprint density at radius 1 is 0.851 bits per heavy atom. The van der Waals surface area contributed by atoms with Crippen LogP contribution in [0.1, 0.15) is 29.9 Å². The second-order valence-corrected chi connectivity index (χ2v) is 10.7. The Morgan fingerprint density at radius 3 is 1.91 bits per heavy atom. The highest BCUT2D eigenvalue weighted by molar-refractivity contribution is 6.31. The van der Waals surface area contributed by atoms with Gasteiger partial charge in [0.2, 0.25) is 0 Å². The largest absolute Gasteiger partial charge is 0.466 e. The molecule has 5 aromatic rings. The summed E-state index contributed by atoms with van der Waals surface area (Å²) in [5.74, 6) is 1.40. The number of fused-ring (bicyclic) bond motifs is 1. The summed E-state index contributed by atoms with van der Waals surface area (Å²) in [5.41, 5.74) is 8.97. The van der Waals surface area contributed by atoms with Crippen molar-refractivity contribution in [3.63, 3.8) is 0 Å². The molecule has 0 fully saturated rings. The van der Waals surface area contributed by atoms with Gasteiger partial charge in [-0.1, -0.05) is 70.7 Å². The number of carbonyl (C=O) groups excluding carboxylic acids is 3. The van der Waals surface area contributed by atoms with Crippen molar-refractivity contribution in [2.45, 2.75) is 20.3 Å². The van der Waals surface area contributed by atoms with Crippen molar-refractivity contribution >= 4 is 76.1 Å². The molecular formula is C34H30Cl4N4O5. The number of aldehydes is 1. The van der Waals surface area contributed by atoms with E-state index in [1.165, 1.54) is 6.20 Å². The second-order valence-electron chi connectivity index (χ2n) is 8.91. The Labute approximate surface area is 292 Å². The van der Waals surface area contributed by atoms with Crippen molar-refractivity contribution in [3.8, 4) is 23.6 Å². The Kier molecular flexibility index (Phi) is 16.8. The van der Waals surface area contributed by atoms with E-state index in [-0.39, 0.29) is 12.4 Å². The number of nitrogen functional groups attached to an aromatic ring is 1. The minimum Gasteiger partial charge on any atom is -0.466 e. The van der Waals surface area contributed by atoms with Crippen molar-refractivity contribution < 1.29 is 23.9 Å². The number of halogens is 4. The van der Waals surface area contributed by atoms with E-state index >= 15 is 0 Å². The normalized spacial score (nSPS) is 9.64. The summed E-state index contributed by atoms with van der Waals surface area (Å²) in [6.07, 6.45) is 8.80. The van der Waals surface area contributed by atoms with Crippen LogP contribution in [0, 0.1) is 12.3 Å². The number of esters is 2. The van der Waals surface area contributed by atoms with Gasteiger partial charge in [0, 0.05) is 39.5 Å². The van der Waals surface area contributed by atoms with Crippen LogP contribution in [0.4, 0.5) is 5.82 Å². The third kappa shape index (κ3) is 13.7. The van der Waals surface area contributed by atoms with E-state index < -0.39 is 5.97 Å². The van der Waals surface area contributed by atoms with Crippen LogP contribution in [0.25, 0.3) is 16.9 Å². The maximum atomic E-state index is 12.0. The molecule has 0 aliphatic rings. The molecule has 0 atom stereocenters. The van der Waals surface area contributed by atoms with Gasteiger partial charge in [0.05, 0.1) is 41.1 Å². The molecule has 244 valence electrons. The van der Waals surface area contributed by atoms with Gasteiger partial charge in [-0.25, -0.2) is 14.8 Å². The number of aromatic nitrogens is 3. The van der Waals surface area contributed by atoms with Crippen LogP contribution in [-0.4, -0.2) is 45.8 Å². The molecule has 0 saturated carbocycles. The summed E-state index contributed by atoms with van der Waals surface area (Å²) < 4.78 is 11.2. The van der Waals surface area contributed by atoms with Crippen LogP contribution in [0.5, 0.6) is 0 Å². The lowest BCUT2D eigenvalue weighted by atomic mass is 10.1. The van der Waals surface area contributed by atoms with E-state index in [0.717, 1.165) is 28.9 Å². The SMILES string of the molecule is C#CC(=O)OCC.CCOC(=O)Cc1c(-c2ccc(Cl)cc2)nc2ccc(Cl)cn12.Nc1ccc(Cl)cn1.O=Cc1ccc(Cl)cc1. The monoisotopic (exact) mass is 714 g/mol. The van der Waals surface area contributed by atoms with Crippen molar-refractivity contribution in [3.05, 3.63) is 117 Å². The van der Waals surface area contributed by atoms with Crippen LogP contribution in [0.3, 0.4) is 0 Å².